The lowest BCUT2D eigenvalue weighted by Gasteiger charge is -2.32. The fourth-order valence-corrected chi connectivity index (χ4v) is 5.89. The average molecular weight is 526 g/mol. The van der Waals surface area contributed by atoms with E-state index < -0.39 is 5.54 Å². The Hall–Kier alpha value is -3.71. The number of anilines is 1. The Labute approximate surface area is 231 Å². The number of allylic oxidation sites excluding steroid dienone is 3. The van der Waals surface area contributed by atoms with Crippen LogP contribution >= 0.6 is 0 Å². The van der Waals surface area contributed by atoms with E-state index >= 15 is 0 Å². The average Bonchev–Trinajstić information content (AvgIpc) is 3.64. The topological polar surface area (TPSA) is 111 Å². The highest BCUT2D eigenvalue weighted by atomic mass is 16.4. The number of benzene rings is 2. The summed E-state index contributed by atoms with van der Waals surface area (Å²) in [6, 6.07) is 18.1. The molecule has 1 fully saturated rings. The predicted octanol–water partition coefficient (Wildman–Crippen LogP) is 5.59. The summed E-state index contributed by atoms with van der Waals surface area (Å²) in [6.07, 6.45) is 8.29. The van der Waals surface area contributed by atoms with Crippen molar-refractivity contribution in [2.45, 2.75) is 64.5 Å². The molecule has 0 saturated carbocycles. The normalized spacial score (nSPS) is 21.7. The van der Waals surface area contributed by atoms with Gasteiger partial charge in [-0.1, -0.05) is 74.9 Å². The van der Waals surface area contributed by atoms with Crippen LogP contribution in [0, 0.1) is 11.8 Å². The molecule has 1 amide bonds. The highest BCUT2D eigenvalue weighted by Crippen LogP contribution is 2.38. The second kappa shape index (κ2) is 11.2. The number of hydrogen-bond acceptors (Lipinski definition) is 6. The summed E-state index contributed by atoms with van der Waals surface area (Å²) in [6.45, 7) is 7.13. The second-order valence-corrected chi connectivity index (χ2v) is 11.3. The Bertz CT molecular complexity index is 1370. The number of nitrogens with two attached hydrogens (primary N) is 2. The highest BCUT2D eigenvalue weighted by Gasteiger charge is 2.37. The third kappa shape index (κ3) is 5.69. The summed E-state index contributed by atoms with van der Waals surface area (Å²) in [5.74, 6) is 1.00. The summed E-state index contributed by atoms with van der Waals surface area (Å²) in [5.41, 5.74) is 16.6. The SMILES string of the molecule is CCC(C)C1CCCN1C(=O)C1C=C(c2nnc([C@](C)(N)Cc3ccccc3)o2)C=C(c2ccccc2N)C1. The Morgan fingerprint density at radius 2 is 1.90 bits per heavy atom. The summed E-state index contributed by atoms with van der Waals surface area (Å²) < 4.78 is 6.19. The van der Waals surface area contributed by atoms with E-state index in [2.05, 4.69) is 28.9 Å². The first-order chi connectivity index (χ1) is 18.8. The van der Waals surface area contributed by atoms with E-state index in [9.17, 15) is 4.79 Å². The van der Waals surface area contributed by atoms with Crippen LogP contribution in [0.1, 0.15) is 69.4 Å². The van der Waals surface area contributed by atoms with Gasteiger partial charge in [-0.3, -0.25) is 4.79 Å². The lowest BCUT2D eigenvalue weighted by atomic mass is 9.85. The van der Waals surface area contributed by atoms with Crippen molar-refractivity contribution in [1.29, 1.82) is 0 Å². The summed E-state index contributed by atoms with van der Waals surface area (Å²) in [5, 5.41) is 8.72. The van der Waals surface area contributed by atoms with E-state index in [0.717, 1.165) is 48.1 Å². The van der Waals surface area contributed by atoms with Gasteiger partial charge in [0.2, 0.25) is 17.7 Å². The van der Waals surface area contributed by atoms with Gasteiger partial charge in [-0.15, -0.1) is 10.2 Å². The van der Waals surface area contributed by atoms with Crippen molar-refractivity contribution in [1.82, 2.24) is 15.1 Å². The van der Waals surface area contributed by atoms with Gasteiger partial charge in [0.1, 0.15) is 0 Å². The maximum absolute atomic E-state index is 14.0. The van der Waals surface area contributed by atoms with Gasteiger partial charge in [-0.05, 0) is 61.8 Å². The van der Waals surface area contributed by atoms with Gasteiger partial charge in [0.25, 0.3) is 0 Å². The minimum atomic E-state index is -0.841. The molecule has 5 rings (SSSR count). The zero-order chi connectivity index (χ0) is 27.6. The van der Waals surface area contributed by atoms with Gasteiger partial charge in [-0.25, -0.2) is 0 Å². The molecule has 1 aromatic heterocycles. The Morgan fingerprint density at radius 1 is 1.15 bits per heavy atom. The summed E-state index contributed by atoms with van der Waals surface area (Å²) in [7, 11) is 0. The number of amides is 1. The molecule has 204 valence electrons. The molecule has 0 radical (unpaired) electrons. The third-order valence-corrected chi connectivity index (χ3v) is 8.23. The highest BCUT2D eigenvalue weighted by molar-refractivity contribution is 5.93. The molecule has 0 bridgehead atoms. The third-order valence-electron chi connectivity index (χ3n) is 8.23. The summed E-state index contributed by atoms with van der Waals surface area (Å²) in [4.78, 5) is 16.1. The molecule has 2 heterocycles. The number of likely N-dealkylation sites (tertiary alicyclic amines) is 1. The van der Waals surface area contributed by atoms with Crippen molar-refractivity contribution in [3.63, 3.8) is 0 Å². The van der Waals surface area contributed by atoms with Crippen LogP contribution in [0.3, 0.4) is 0 Å². The minimum Gasteiger partial charge on any atom is -0.419 e. The van der Waals surface area contributed by atoms with Gasteiger partial charge >= 0.3 is 0 Å². The summed E-state index contributed by atoms with van der Waals surface area (Å²) >= 11 is 0. The smallest absolute Gasteiger partial charge is 0.247 e. The first-order valence-electron chi connectivity index (χ1n) is 14.0. The van der Waals surface area contributed by atoms with Gasteiger partial charge < -0.3 is 20.8 Å². The van der Waals surface area contributed by atoms with Crippen LogP contribution in [0.2, 0.25) is 0 Å². The maximum Gasteiger partial charge on any atom is 0.247 e. The quantitative estimate of drug-likeness (QED) is 0.371. The number of para-hydroxylation sites is 1. The van der Waals surface area contributed by atoms with Crippen LogP contribution in [0.15, 0.2) is 71.2 Å². The van der Waals surface area contributed by atoms with Crippen LogP contribution in [0.5, 0.6) is 0 Å². The van der Waals surface area contributed by atoms with Gasteiger partial charge in [0.05, 0.1) is 11.5 Å². The predicted molar refractivity (Wildman–Crippen MR) is 155 cm³/mol. The van der Waals surface area contributed by atoms with E-state index in [-0.39, 0.29) is 17.9 Å². The van der Waals surface area contributed by atoms with Crippen molar-refractivity contribution in [2.24, 2.45) is 17.6 Å². The Morgan fingerprint density at radius 3 is 2.64 bits per heavy atom. The van der Waals surface area contributed by atoms with E-state index in [0.29, 0.717) is 36.2 Å². The number of aromatic nitrogens is 2. The molecule has 1 aliphatic heterocycles. The number of nitrogens with zero attached hydrogens (tertiary/aromatic N) is 3. The number of carbonyl (C=O) groups is 1. The van der Waals surface area contributed by atoms with Crippen molar-refractivity contribution in [3.8, 4) is 0 Å². The first kappa shape index (κ1) is 26.9. The number of nitrogen functional groups attached to an aromatic ring is 1. The largest absolute Gasteiger partial charge is 0.419 e. The second-order valence-electron chi connectivity index (χ2n) is 11.3. The van der Waals surface area contributed by atoms with Gasteiger partial charge in [0.15, 0.2) is 0 Å². The molecule has 3 aromatic rings. The zero-order valence-electron chi connectivity index (χ0n) is 23.1. The van der Waals surface area contributed by atoms with Crippen LogP contribution in [0.4, 0.5) is 5.69 Å². The van der Waals surface area contributed by atoms with Crippen LogP contribution < -0.4 is 11.5 Å². The molecule has 1 saturated heterocycles. The van der Waals surface area contributed by atoms with Crippen LogP contribution in [-0.2, 0) is 16.8 Å². The molecular weight excluding hydrogens is 486 g/mol. The molecule has 0 spiro atoms. The fraction of sp³-hybridized carbons (Fsp3) is 0.406. The van der Waals surface area contributed by atoms with Crippen molar-refractivity contribution in [3.05, 3.63) is 89.7 Å². The van der Waals surface area contributed by atoms with Gasteiger partial charge in [-0.2, -0.15) is 0 Å². The number of hydrogen-bond donors (Lipinski definition) is 2. The maximum atomic E-state index is 14.0. The van der Waals surface area contributed by atoms with Gasteiger partial charge in [0, 0.05) is 29.4 Å². The van der Waals surface area contributed by atoms with Crippen LogP contribution in [0.25, 0.3) is 11.1 Å². The molecule has 4 N–H and O–H groups in total. The number of carbonyl (C=O) groups excluding carboxylic acids is 1. The van der Waals surface area contributed by atoms with Crippen molar-refractivity contribution >= 4 is 22.7 Å². The first-order valence-corrected chi connectivity index (χ1v) is 14.0. The Balaban J connectivity index is 1.48. The van der Waals surface area contributed by atoms with E-state index in [1.165, 1.54) is 0 Å². The van der Waals surface area contributed by atoms with Crippen molar-refractivity contribution in [2.75, 3.05) is 12.3 Å². The number of rotatable bonds is 8. The van der Waals surface area contributed by atoms with E-state index in [1.54, 1.807) is 0 Å². The molecule has 7 nitrogen and oxygen atoms in total. The molecule has 39 heavy (non-hydrogen) atoms. The van der Waals surface area contributed by atoms with Crippen molar-refractivity contribution < 1.29 is 9.21 Å². The minimum absolute atomic E-state index is 0.155. The standard InChI is InChI=1S/C32H39N5O2/c1-4-21(2)28-15-10-16-37(28)30(38)25-18-23(26-13-8-9-14-27(26)33)17-24(19-25)29-35-36-31(39-29)32(3,34)20-22-11-6-5-7-12-22/h5-9,11-14,17,19,21,25,28H,4,10,15-16,18,20,33-34H2,1-3H3/t21?,25?,28?,32-/m1/s1. The molecule has 2 aromatic carbocycles. The lowest BCUT2D eigenvalue weighted by molar-refractivity contribution is -0.135. The van der Waals surface area contributed by atoms with Crippen LogP contribution in [-0.4, -0.2) is 33.6 Å². The lowest BCUT2D eigenvalue weighted by Crippen LogP contribution is -2.42. The molecule has 1 aliphatic carbocycles. The zero-order valence-corrected chi connectivity index (χ0v) is 23.1. The monoisotopic (exact) mass is 525 g/mol. The molecule has 2 aliphatic rings. The Kier molecular flexibility index (Phi) is 7.71. The molecular formula is C32H39N5O2. The fourth-order valence-electron chi connectivity index (χ4n) is 5.89. The molecule has 4 atom stereocenters. The van der Waals surface area contributed by atoms with E-state index in [1.807, 2.05) is 73.7 Å². The molecule has 3 unspecified atom stereocenters. The van der Waals surface area contributed by atoms with E-state index in [4.69, 9.17) is 15.9 Å². The molecule has 7 heteroatoms.